The van der Waals surface area contributed by atoms with Gasteiger partial charge in [0.15, 0.2) is 8.68 Å². The zero-order valence-corrected chi connectivity index (χ0v) is 12.9. The number of aromatic nitrogens is 1. The van der Waals surface area contributed by atoms with Crippen molar-refractivity contribution in [3.8, 4) is 0 Å². The number of thiazole rings is 1. The molecular formula is C11H15ClN2O3S2. The first-order chi connectivity index (χ1) is 9.00. The van der Waals surface area contributed by atoms with Crippen molar-refractivity contribution in [2.45, 2.75) is 42.5 Å². The largest absolute Gasteiger partial charge is 0.375 e. The van der Waals surface area contributed by atoms with Crippen molar-refractivity contribution >= 4 is 33.0 Å². The lowest BCUT2D eigenvalue weighted by atomic mass is 10.2. The lowest BCUT2D eigenvalue weighted by molar-refractivity contribution is -0.0241. The molecule has 2 unspecified atom stereocenters. The third kappa shape index (κ3) is 2.31. The standard InChI is InChI=1S/C11H15ClN2O3S2/c1-7-10(18-11(12)13-7)19(15,16)14-5-6-17-9-4-2-3-8(9)14/h8-9H,2-6H2,1H3. The molecule has 0 N–H and O–H groups in total. The number of ether oxygens (including phenoxy) is 1. The maximum absolute atomic E-state index is 12.7. The highest BCUT2D eigenvalue weighted by molar-refractivity contribution is 7.91. The minimum Gasteiger partial charge on any atom is -0.375 e. The predicted molar refractivity (Wildman–Crippen MR) is 73.1 cm³/mol. The highest BCUT2D eigenvalue weighted by Gasteiger charge is 2.43. The predicted octanol–water partition coefficient (Wildman–Crippen LogP) is 2.05. The molecule has 8 heteroatoms. The van der Waals surface area contributed by atoms with Gasteiger partial charge in [-0.3, -0.25) is 0 Å². The summed E-state index contributed by atoms with van der Waals surface area (Å²) < 4.78 is 33.3. The van der Waals surface area contributed by atoms with E-state index in [9.17, 15) is 8.42 Å². The molecule has 1 aliphatic carbocycles. The fourth-order valence-corrected chi connectivity index (χ4v) is 6.40. The molecule has 2 heterocycles. The fraction of sp³-hybridized carbons (Fsp3) is 0.727. The molecule has 0 radical (unpaired) electrons. The number of sulfonamides is 1. The number of nitrogens with zero attached hydrogens (tertiary/aromatic N) is 2. The van der Waals surface area contributed by atoms with E-state index in [2.05, 4.69) is 4.98 Å². The molecule has 0 amide bonds. The Morgan fingerprint density at radius 2 is 2.26 bits per heavy atom. The summed E-state index contributed by atoms with van der Waals surface area (Å²) in [5, 5.41) is 0. The van der Waals surface area contributed by atoms with E-state index < -0.39 is 10.0 Å². The van der Waals surface area contributed by atoms with Gasteiger partial charge in [0.1, 0.15) is 0 Å². The van der Waals surface area contributed by atoms with Crippen LogP contribution in [0.25, 0.3) is 0 Å². The molecule has 2 aliphatic rings. The van der Waals surface area contributed by atoms with E-state index in [1.54, 1.807) is 11.2 Å². The third-order valence-electron chi connectivity index (χ3n) is 3.70. The molecule has 0 spiro atoms. The molecule has 2 fully saturated rings. The summed E-state index contributed by atoms with van der Waals surface area (Å²) in [6, 6.07) is -0.0287. The Morgan fingerprint density at radius 1 is 1.47 bits per heavy atom. The number of halogens is 1. The first kappa shape index (κ1) is 13.8. The van der Waals surface area contributed by atoms with E-state index >= 15 is 0 Å². The van der Waals surface area contributed by atoms with E-state index in [1.807, 2.05) is 0 Å². The van der Waals surface area contributed by atoms with Gasteiger partial charge in [0.2, 0.25) is 0 Å². The molecule has 1 aliphatic heterocycles. The Kier molecular flexibility index (Phi) is 3.59. The van der Waals surface area contributed by atoms with E-state index in [-0.39, 0.29) is 20.8 Å². The first-order valence-electron chi connectivity index (χ1n) is 6.26. The van der Waals surface area contributed by atoms with Crippen LogP contribution in [0, 0.1) is 6.92 Å². The van der Waals surface area contributed by atoms with Crippen LogP contribution in [0.3, 0.4) is 0 Å². The van der Waals surface area contributed by atoms with Crippen molar-refractivity contribution in [1.82, 2.24) is 9.29 Å². The third-order valence-corrected chi connectivity index (χ3v) is 7.48. The van der Waals surface area contributed by atoms with Crippen LogP contribution < -0.4 is 0 Å². The summed E-state index contributed by atoms with van der Waals surface area (Å²) >= 11 is 6.85. The summed E-state index contributed by atoms with van der Waals surface area (Å²) in [4.78, 5) is 4.00. The molecule has 0 bridgehead atoms. The lowest BCUT2D eigenvalue weighted by Gasteiger charge is -2.36. The van der Waals surface area contributed by atoms with Crippen LogP contribution in [0.5, 0.6) is 0 Å². The van der Waals surface area contributed by atoms with Gasteiger partial charge in [0.25, 0.3) is 10.0 Å². The van der Waals surface area contributed by atoms with Crippen LogP contribution in [0.2, 0.25) is 4.47 Å². The summed E-state index contributed by atoms with van der Waals surface area (Å²) in [7, 11) is -3.50. The van der Waals surface area contributed by atoms with Crippen LogP contribution in [0.4, 0.5) is 0 Å². The fourth-order valence-electron chi connectivity index (χ4n) is 2.89. The molecule has 5 nitrogen and oxygen atoms in total. The molecule has 0 aromatic carbocycles. The number of aryl methyl sites for hydroxylation is 1. The molecule has 2 atom stereocenters. The van der Waals surface area contributed by atoms with Crippen LogP contribution >= 0.6 is 22.9 Å². The topological polar surface area (TPSA) is 59.5 Å². The summed E-state index contributed by atoms with van der Waals surface area (Å²) in [5.74, 6) is 0. The Labute approximate surface area is 121 Å². The van der Waals surface area contributed by atoms with Crippen molar-refractivity contribution in [2.24, 2.45) is 0 Å². The van der Waals surface area contributed by atoms with E-state index in [1.165, 1.54) is 0 Å². The van der Waals surface area contributed by atoms with Gasteiger partial charge in [-0.2, -0.15) is 4.31 Å². The monoisotopic (exact) mass is 322 g/mol. The second kappa shape index (κ2) is 4.96. The van der Waals surface area contributed by atoms with Gasteiger partial charge in [-0.25, -0.2) is 13.4 Å². The number of rotatable bonds is 2. The number of hydrogen-bond acceptors (Lipinski definition) is 5. The van der Waals surface area contributed by atoms with Crippen LogP contribution in [-0.4, -0.2) is 43.0 Å². The molecule has 3 rings (SSSR count). The molecule has 1 aromatic heterocycles. The van der Waals surface area contributed by atoms with Crippen molar-refractivity contribution < 1.29 is 13.2 Å². The molecule has 1 saturated heterocycles. The normalized spacial score (nSPS) is 28.5. The summed E-state index contributed by atoms with van der Waals surface area (Å²) in [6.07, 6.45) is 2.88. The van der Waals surface area contributed by atoms with Gasteiger partial charge in [-0.05, 0) is 26.2 Å². The van der Waals surface area contributed by atoms with Gasteiger partial charge >= 0.3 is 0 Å². The minimum atomic E-state index is -3.50. The smallest absolute Gasteiger partial charge is 0.254 e. The summed E-state index contributed by atoms with van der Waals surface area (Å²) in [5.41, 5.74) is 0.482. The maximum Gasteiger partial charge on any atom is 0.254 e. The Morgan fingerprint density at radius 3 is 2.95 bits per heavy atom. The quantitative estimate of drug-likeness (QED) is 0.836. The second-order valence-corrected chi connectivity index (χ2v) is 8.53. The Balaban J connectivity index is 1.97. The zero-order chi connectivity index (χ0) is 13.6. The van der Waals surface area contributed by atoms with E-state index in [4.69, 9.17) is 16.3 Å². The Hall–Kier alpha value is -0.210. The highest BCUT2D eigenvalue weighted by atomic mass is 35.5. The molecule has 19 heavy (non-hydrogen) atoms. The van der Waals surface area contributed by atoms with Gasteiger partial charge in [-0.15, -0.1) is 0 Å². The van der Waals surface area contributed by atoms with Crippen LogP contribution in [0.15, 0.2) is 4.21 Å². The van der Waals surface area contributed by atoms with Crippen molar-refractivity contribution in [1.29, 1.82) is 0 Å². The van der Waals surface area contributed by atoms with E-state index in [0.717, 1.165) is 30.6 Å². The second-order valence-electron chi connectivity index (χ2n) is 4.86. The molecule has 1 aromatic rings. The number of morpholine rings is 1. The van der Waals surface area contributed by atoms with Crippen molar-refractivity contribution in [3.63, 3.8) is 0 Å². The van der Waals surface area contributed by atoms with E-state index in [0.29, 0.717) is 18.8 Å². The lowest BCUT2D eigenvalue weighted by Crippen LogP contribution is -2.51. The molecule has 106 valence electrons. The van der Waals surface area contributed by atoms with Gasteiger partial charge in [0.05, 0.1) is 24.4 Å². The minimum absolute atomic E-state index is 0.0287. The number of fused-ring (bicyclic) bond motifs is 1. The molecular weight excluding hydrogens is 308 g/mol. The van der Waals surface area contributed by atoms with Crippen LogP contribution in [0.1, 0.15) is 25.0 Å². The maximum atomic E-state index is 12.7. The zero-order valence-electron chi connectivity index (χ0n) is 10.5. The van der Waals surface area contributed by atoms with Gasteiger partial charge in [-0.1, -0.05) is 22.9 Å². The van der Waals surface area contributed by atoms with Gasteiger partial charge < -0.3 is 4.74 Å². The SMILES string of the molecule is Cc1nc(Cl)sc1S(=O)(=O)N1CCOC2CCCC21. The first-order valence-corrected chi connectivity index (χ1v) is 8.90. The Bertz CT molecular complexity index is 587. The number of hydrogen-bond donors (Lipinski definition) is 0. The van der Waals surface area contributed by atoms with Crippen LogP contribution in [-0.2, 0) is 14.8 Å². The van der Waals surface area contributed by atoms with Crippen molar-refractivity contribution in [2.75, 3.05) is 13.2 Å². The average Bonchev–Trinajstić information content (AvgIpc) is 2.94. The van der Waals surface area contributed by atoms with Gasteiger partial charge in [0, 0.05) is 6.54 Å². The highest BCUT2D eigenvalue weighted by Crippen LogP contribution is 2.36. The average molecular weight is 323 g/mol. The summed E-state index contributed by atoms with van der Waals surface area (Å²) in [6.45, 7) is 2.56. The van der Waals surface area contributed by atoms with Crippen molar-refractivity contribution in [3.05, 3.63) is 10.2 Å². The molecule has 1 saturated carbocycles.